The first-order chi connectivity index (χ1) is 10.8. The van der Waals surface area contributed by atoms with E-state index in [1.54, 1.807) is 0 Å². The molecule has 0 radical (unpaired) electrons. The number of unbranched alkanes of at least 4 members (excludes halogenated alkanes) is 9. The number of epoxide rings is 1. The number of hydrogen-bond donors (Lipinski definition) is 1. The Morgan fingerprint density at radius 3 is 2.05 bits per heavy atom. The molecule has 0 aromatic rings. The highest BCUT2D eigenvalue weighted by molar-refractivity contribution is 4.88. The van der Waals surface area contributed by atoms with Gasteiger partial charge in [-0.3, -0.25) is 0 Å². The summed E-state index contributed by atoms with van der Waals surface area (Å²) in [6, 6.07) is 0. The molecule has 3 heteroatoms. The molecule has 2 heterocycles. The van der Waals surface area contributed by atoms with Gasteiger partial charge in [0.05, 0.1) is 24.9 Å². The monoisotopic (exact) mass is 312 g/mol. The van der Waals surface area contributed by atoms with E-state index >= 15 is 0 Å². The first-order valence-corrected chi connectivity index (χ1v) is 9.76. The lowest BCUT2D eigenvalue weighted by Gasteiger charge is -2.18. The molecule has 1 N–H and O–H groups in total. The van der Waals surface area contributed by atoms with Gasteiger partial charge in [0.15, 0.2) is 0 Å². The lowest BCUT2D eigenvalue weighted by molar-refractivity contribution is -0.0443. The van der Waals surface area contributed by atoms with Crippen molar-refractivity contribution in [2.24, 2.45) is 0 Å². The Morgan fingerprint density at radius 1 is 0.864 bits per heavy atom. The van der Waals surface area contributed by atoms with Crippen LogP contribution in [0.15, 0.2) is 0 Å². The second-order valence-corrected chi connectivity index (χ2v) is 7.20. The average molecular weight is 312 g/mol. The minimum atomic E-state index is -0.266. The molecule has 4 atom stereocenters. The summed E-state index contributed by atoms with van der Waals surface area (Å²) in [6.45, 7) is 3.12. The Kier molecular flexibility index (Phi) is 8.79. The first-order valence-electron chi connectivity index (χ1n) is 9.76. The molecule has 0 saturated carbocycles. The molecule has 22 heavy (non-hydrogen) atoms. The molecule has 0 spiro atoms. The minimum Gasteiger partial charge on any atom is -0.390 e. The molecule has 0 bridgehead atoms. The summed E-state index contributed by atoms with van der Waals surface area (Å²) in [5.41, 5.74) is 0. The molecule has 2 aliphatic heterocycles. The highest BCUT2D eigenvalue weighted by Gasteiger charge is 2.40. The van der Waals surface area contributed by atoms with Gasteiger partial charge in [-0.25, -0.2) is 0 Å². The normalized spacial score (nSPS) is 28.9. The van der Waals surface area contributed by atoms with Crippen LogP contribution in [0.3, 0.4) is 0 Å². The zero-order valence-corrected chi connectivity index (χ0v) is 14.5. The van der Waals surface area contributed by atoms with Gasteiger partial charge in [-0.05, 0) is 19.3 Å². The van der Waals surface area contributed by atoms with Crippen LogP contribution < -0.4 is 0 Å². The van der Waals surface area contributed by atoms with E-state index in [1.165, 1.54) is 57.8 Å². The Labute approximate surface area is 136 Å². The van der Waals surface area contributed by atoms with E-state index in [2.05, 4.69) is 6.92 Å². The predicted octanol–water partition coefficient (Wildman–Crippen LogP) is 4.60. The van der Waals surface area contributed by atoms with Gasteiger partial charge in [0.1, 0.15) is 6.10 Å². The van der Waals surface area contributed by atoms with Crippen molar-refractivity contribution in [3.05, 3.63) is 0 Å². The number of ether oxygens (including phenoxy) is 2. The summed E-state index contributed by atoms with van der Waals surface area (Å²) < 4.78 is 11.2. The van der Waals surface area contributed by atoms with Crippen LogP contribution in [0.4, 0.5) is 0 Å². The van der Waals surface area contributed by atoms with Crippen LogP contribution in [-0.2, 0) is 9.47 Å². The molecule has 130 valence electrons. The van der Waals surface area contributed by atoms with E-state index in [-0.39, 0.29) is 18.3 Å². The van der Waals surface area contributed by atoms with Crippen LogP contribution in [0.5, 0.6) is 0 Å². The lowest BCUT2D eigenvalue weighted by atomic mass is 10.0. The van der Waals surface area contributed by atoms with Crippen molar-refractivity contribution in [2.75, 3.05) is 6.61 Å². The fourth-order valence-corrected chi connectivity index (χ4v) is 3.54. The third-order valence-electron chi connectivity index (χ3n) is 5.14. The van der Waals surface area contributed by atoms with Crippen LogP contribution in [0.25, 0.3) is 0 Å². The molecular weight excluding hydrogens is 276 g/mol. The van der Waals surface area contributed by atoms with Crippen molar-refractivity contribution in [3.8, 4) is 0 Å². The Bertz CT molecular complexity index is 278. The summed E-state index contributed by atoms with van der Waals surface area (Å²) in [6.07, 6.45) is 16.8. The Balaban J connectivity index is 1.37. The summed E-state index contributed by atoms with van der Waals surface area (Å²) >= 11 is 0. The summed E-state index contributed by atoms with van der Waals surface area (Å²) in [5, 5.41) is 10.2. The maximum atomic E-state index is 10.2. The van der Waals surface area contributed by atoms with E-state index in [9.17, 15) is 5.11 Å². The third kappa shape index (κ3) is 6.97. The van der Waals surface area contributed by atoms with Crippen LogP contribution in [0.1, 0.15) is 90.4 Å². The second-order valence-electron chi connectivity index (χ2n) is 7.20. The van der Waals surface area contributed by atoms with Gasteiger partial charge in [-0.2, -0.15) is 0 Å². The topological polar surface area (TPSA) is 42.0 Å². The fraction of sp³-hybridized carbons (Fsp3) is 1.00. The van der Waals surface area contributed by atoms with Crippen molar-refractivity contribution in [2.45, 2.75) is 115 Å². The summed E-state index contributed by atoms with van der Waals surface area (Å²) in [5.74, 6) is 0. The predicted molar refractivity (Wildman–Crippen MR) is 90.1 cm³/mol. The second kappa shape index (κ2) is 10.6. The van der Waals surface area contributed by atoms with E-state index in [4.69, 9.17) is 9.47 Å². The van der Waals surface area contributed by atoms with Crippen molar-refractivity contribution in [1.29, 1.82) is 0 Å². The van der Waals surface area contributed by atoms with E-state index in [0.717, 1.165) is 32.3 Å². The van der Waals surface area contributed by atoms with Crippen molar-refractivity contribution in [3.63, 3.8) is 0 Å². The first kappa shape index (κ1) is 18.2. The van der Waals surface area contributed by atoms with Gasteiger partial charge in [0, 0.05) is 0 Å². The number of aliphatic hydroxyl groups is 1. The van der Waals surface area contributed by atoms with Gasteiger partial charge < -0.3 is 14.6 Å². The Morgan fingerprint density at radius 2 is 1.45 bits per heavy atom. The summed E-state index contributed by atoms with van der Waals surface area (Å²) in [7, 11) is 0. The molecule has 2 rings (SSSR count). The van der Waals surface area contributed by atoms with Gasteiger partial charge in [0.25, 0.3) is 0 Å². The molecule has 2 aliphatic rings. The van der Waals surface area contributed by atoms with Crippen molar-refractivity contribution >= 4 is 0 Å². The van der Waals surface area contributed by atoms with Crippen LogP contribution in [0, 0.1) is 0 Å². The fourth-order valence-electron chi connectivity index (χ4n) is 3.54. The van der Waals surface area contributed by atoms with E-state index in [0.29, 0.717) is 6.10 Å². The van der Waals surface area contributed by atoms with Crippen LogP contribution in [0.2, 0.25) is 0 Å². The van der Waals surface area contributed by atoms with Gasteiger partial charge in [0.2, 0.25) is 0 Å². The van der Waals surface area contributed by atoms with Crippen LogP contribution >= 0.6 is 0 Å². The smallest absolute Gasteiger partial charge is 0.107 e. The van der Waals surface area contributed by atoms with E-state index in [1.807, 2.05) is 0 Å². The molecular formula is C19H36O3. The molecule has 0 aromatic heterocycles. The molecule has 2 saturated heterocycles. The van der Waals surface area contributed by atoms with Gasteiger partial charge in [-0.1, -0.05) is 71.1 Å². The third-order valence-corrected chi connectivity index (χ3v) is 5.14. The van der Waals surface area contributed by atoms with Crippen molar-refractivity contribution in [1.82, 2.24) is 0 Å². The molecule has 0 aliphatic carbocycles. The molecule has 3 nitrogen and oxygen atoms in total. The highest BCUT2D eigenvalue weighted by atomic mass is 16.6. The average Bonchev–Trinajstić information content (AvgIpc) is 3.26. The molecule has 0 aromatic carbocycles. The van der Waals surface area contributed by atoms with Crippen molar-refractivity contribution < 1.29 is 14.6 Å². The van der Waals surface area contributed by atoms with E-state index < -0.39 is 0 Å². The zero-order valence-electron chi connectivity index (χ0n) is 14.5. The quantitative estimate of drug-likeness (QED) is 0.399. The van der Waals surface area contributed by atoms with Gasteiger partial charge >= 0.3 is 0 Å². The number of hydrogen-bond acceptors (Lipinski definition) is 3. The number of aliphatic hydroxyl groups excluding tert-OH is 1. The molecule has 0 amide bonds. The zero-order chi connectivity index (χ0) is 15.6. The number of rotatable bonds is 13. The maximum absolute atomic E-state index is 10.2. The maximum Gasteiger partial charge on any atom is 0.107 e. The SMILES string of the molecule is CCCCCCCCCCCC[C@@H](O)[C@H]1CC[C@@H]([C@@H]2CO2)O1. The standard InChI is InChI=1S/C19H36O3/c1-2-3-4-5-6-7-8-9-10-11-12-16(20)17-13-14-18(22-17)19-15-21-19/h16-20H,2-15H2,1H3/t16-,17-,18+,19+/m1/s1. The largest absolute Gasteiger partial charge is 0.390 e. The van der Waals surface area contributed by atoms with Gasteiger partial charge in [-0.15, -0.1) is 0 Å². The minimum absolute atomic E-state index is 0.0627. The molecule has 0 unspecified atom stereocenters. The lowest BCUT2D eigenvalue weighted by Crippen LogP contribution is -2.27. The Hall–Kier alpha value is -0.120. The summed E-state index contributed by atoms with van der Waals surface area (Å²) in [4.78, 5) is 0. The highest BCUT2D eigenvalue weighted by Crippen LogP contribution is 2.31. The van der Waals surface area contributed by atoms with Crippen LogP contribution in [-0.4, -0.2) is 36.1 Å². The molecule has 2 fully saturated rings.